The first-order valence-electron chi connectivity index (χ1n) is 6.81. The van der Waals surface area contributed by atoms with E-state index in [1.165, 1.54) is 6.33 Å². The molecule has 0 amide bonds. The van der Waals surface area contributed by atoms with Gasteiger partial charge in [0.1, 0.15) is 6.33 Å². The van der Waals surface area contributed by atoms with Crippen molar-refractivity contribution in [1.82, 2.24) is 9.97 Å². The number of aromatic nitrogens is 2. The molecule has 1 unspecified atom stereocenters. The summed E-state index contributed by atoms with van der Waals surface area (Å²) in [6, 6.07) is 0. The fourth-order valence-electron chi connectivity index (χ4n) is 2.20. The first-order chi connectivity index (χ1) is 9.72. The van der Waals surface area contributed by atoms with Crippen LogP contribution >= 0.6 is 0 Å². The van der Waals surface area contributed by atoms with Crippen LogP contribution in [0, 0.1) is 10.1 Å². The first kappa shape index (κ1) is 14.4. The molecule has 2 heterocycles. The molecule has 8 nitrogen and oxygen atoms in total. The Balaban J connectivity index is 2.01. The number of anilines is 2. The molecule has 1 atom stereocenters. The Bertz CT molecular complexity index is 462. The highest BCUT2D eigenvalue weighted by Crippen LogP contribution is 2.28. The number of nitrogens with one attached hydrogen (secondary N) is 2. The number of hydrogen-bond donors (Lipinski definition) is 2. The summed E-state index contributed by atoms with van der Waals surface area (Å²) in [5.74, 6) is 0.492. The molecule has 8 heteroatoms. The second-order valence-electron chi connectivity index (χ2n) is 4.56. The minimum Gasteiger partial charge on any atom is -0.378 e. The molecule has 1 aliphatic heterocycles. The molecule has 0 radical (unpaired) electrons. The van der Waals surface area contributed by atoms with Crippen LogP contribution in [0.15, 0.2) is 6.33 Å². The van der Waals surface area contributed by atoms with Crippen LogP contribution in [0.1, 0.15) is 26.2 Å². The molecule has 2 rings (SSSR count). The lowest BCUT2D eigenvalue weighted by atomic mass is 10.2. The van der Waals surface area contributed by atoms with Crippen LogP contribution in [-0.4, -0.2) is 40.7 Å². The predicted molar refractivity (Wildman–Crippen MR) is 74.9 cm³/mol. The third-order valence-corrected chi connectivity index (χ3v) is 3.13. The lowest BCUT2D eigenvalue weighted by Gasteiger charge is -2.11. The van der Waals surface area contributed by atoms with E-state index in [1.54, 1.807) is 0 Å². The van der Waals surface area contributed by atoms with Gasteiger partial charge in [-0.1, -0.05) is 0 Å². The molecular formula is C12H19N5O3. The van der Waals surface area contributed by atoms with Crippen LogP contribution < -0.4 is 10.6 Å². The highest BCUT2D eigenvalue weighted by molar-refractivity contribution is 5.69. The number of nitrogens with zero attached hydrogens (tertiary/aromatic N) is 3. The quantitative estimate of drug-likeness (QED) is 0.580. The van der Waals surface area contributed by atoms with Gasteiger partial charge in [-0.2, -0.15) is 0 Å². The van der Waals surface area contributed by atoms with E-state index >= 15 is 0 Å². The van der Waals surface area contributed by atoms with Crippen molar-refractivity contribution in [3.8, 4) is 0 Å². The van der Waals surface area contributed by atoms with Gasteiger partial charge in [-0.15, -0.1) is 0 Å². The van der Waals surface area contributed by atoms with E-state index in [0.29, 0.717) is 13.1 Å². The minimum absolute atomic E-state index is 0.110. The van der Waals surface area contributed by atoms with Crippen molar-refractivity contribution in [2.75, 3.05) is 30.3 Å². The van der Waals surface area contributed by atoms with E-state index in [2.05, 4.69) is 20.6 Å². The van der Waals surface area contributed by atoms with Gasteiger partial charge in [-0.25, -0.2) is 9.97 Å². The van der Waals surface area contributed by atoms with E-state index in [0.717, 1.165) is 25.9 Å². The zero-order valence-corrected chi connectivity index (χ0v) is 11.5. The van der Waals surface area contributed by atoms with Gasteiger partial charge in [0.15, 0.2) is 0 Å². The summed E-state index contributed by atoms with van der Waals surface area (Å²) >= 11 is 0. The normalized spacial score (nSPS) is 17.9. The van der Waals surface area contributed by atoms with Crippen molar-refractivity contribution >= 4 is 17.3 Å². The van der Waals surface area contributed by atoms with Crippen LogP contribution in [0.4, 0.5) is 17.3 Å². The topological polar surface area (TPSA) is 102 Å². The molecular weight excluding hydrogens is 262 g/mol. The lowest BCUT2D eigenvalue weighted by Crippen LogP contribution is -2.15. The molecule has 1 fully saturated rings. The SMILES string of the molecule is CCNc1ncnc(NCCC2CCCO2)c1[N+](=O)[O-]. The third kappa shape index (κ3) is 3.53. The average molecular weight is 281 g/mol. The maximum absolute atomic E-state index is 11.2. The molecule has 1 saturated heterocycles. The fraction of sp³-hybridized carbons (Fsp3) is 0.667. The van der Waals surface area contributed by atoms with E-state index in [9.17, 15) is 10.1 Å². The molecule has 110 valence electrons. The second kappa shape index (κ2) is 6.99. The van der Waals surface area contributed by atoms with Crippen LogP contribution in [0.3, 0.4) is 0 Å². The zero-order chi connectivity index (χ0) is 14.4. The van der Waals surface area contributed by atoms with E-state index in [1.807, 2.05) is 6.92 Å². The standard InChI is InChI=1S/C12H19N5O3/c1-2-13-11-10(17(18)19)12(16-8-15-11)14-6-5-9-4-3-7-20-9/h8-9H,2-7H2,1H3,(H2,13,14,15,16). The van der Waals surface area contributed by atoms with Crippen molar-refractivity contribution in [1.29, 1.82) is 0 Å². The van der Waals surface area contributed by atoms with Crippen molar-refractivity contribution in [2.24, 2.45) is 0 Å². The molecule has 2 N–H and O–H groups in total. The lowest BCUT2D eigenvalue weighted by molar-refractivity contribution is -0.383. The third-order valence-electron chi connectivity index (χ3n) is 3.13. The van der Waals surface area contributed by atoms with Crippen LogP contribution in [0.25, 0.3) is 0 Å². The van der Waals surface area contributed by atoms with E-state index in [4.69, 9.17) is 4.74 Å². The molecule has 0 aliphatic carbocycles. The highest BCUT2D eigenvalue weighted by Gasteiger charge is 2.23. The maximum atomic E-state index is 11.2. The van der Waals surface area contributed by atoms with E-state index in [-0.39, 0.29) is 23.4 Å². The predicted octanol–water partition coefficient (Wildman–Crippen LogP) is 1.80. The molecule has 1 aromatic heterocycles. The summed E-state index contributed by atoms with van der Waals surface area (Å²) < 4.78 is 5.51. The van der Waals surface area contributed by atoms with Gasteiger partial charge in [-0.05, 0) is 26.2 Å². The molecule has 1 aromatic rings. The summed E-state index contributed by atoms with van der Waals surface area (Å²) in [4.78, 5) is 18.6. The number of hydrogen-bond acceptors (Lipinski definition) is 7. The summed E-state index contributed by atoms with van der Waals surface area (Å²) in [6.45, 7) is 3.82. The Morgan fingerprint density at radius 1 is 1.45 bits per heavy atom. The Morgan fingerprint density at radius 2 is 2.20 bits per heavy atom. The Hall–Kier alpha value is -1.96. The summed E-state index contributed by atoms with van der Waals surface area (Å²) in [6.07, 6.45) is 4.52. The molecule has 0 saturated carbocycles. The van der Waals surface area contributed by atoms with Gasteiger partial charge >= 0.3 is 5.69 Å². The Kier molecular flexibility index (Phi) is 5.05. The first-order valence-corrected chi connectivity index (χ1v) is 6.81. The zero-order valence-electron chi connectivity index (χ0n) is 11.5. The summed E-state index contributed by atoms with van der Waals surface area (Å²) in [7, 11) is 0. The summed E-state index contributed by atoms with van der Waals surface area (Å²) in [5.41, 5.74) is -0.110. The Labute approximate surface area is 117 Å². The summed E-state index contributed by atoms with van der Waals surface area (Å²) in [5, 5.41) is 17.0. The maximum Gasteiger partial charge on any atom is 0.353 e. The number of nitro groups is 1. The number of ether oxygens (including phenoxy) is 1. The van der Waals surface area contributed by atoms with Gasteiger partial charge < -0.3 is 15.4 Å². The minimum atomic E-state index is -0.466. The number of rotatable bonds is 7. The average Bonchev–Trinajstić information content (AvgIpc) is 2.92. The van der Waals surface area contributed by atoms with Crippen molar-refractivity contribution in [3.63, 3.8) is 0 Å². The van der Waals surface area contributed by atoms with Gasteiger partial charge in [0.05, 0.1) is 11.0 Å². The van der Waals surface area contributed by atoms with E-state index < -0.39 is 4.92 Å². The van der Waals surface area contributed by atoms with Crippen LogP contribution in [-0.2, 0) is 4.74 Å². The smallest absolute Gasteiger partial charge is 0.353 e. The van der Waals surface area contributed by atoms with Crippen LogP contribution in [0.5, 0.6) is 0 Å². The molecule has 1 aliphatic rings. The molecule has 0 bridgehead atoms. The van der Waals surface area contributed by atoms with Gasteiger partial charge in [0.2, 0.25) is 11.6 Å². The van der Waals surface area contributed by atoms with Crippen molar-refractivity contribution in [3.05, 3.63) is 16.4 Å². The van der Waals surface area contributed by atoms with Gasteiger partial charge in [0.25, 0.3) is 0 Å². The van der Waals surface area contributed by atoms with Crippen molar-refractivity contribution < 1.29 is 9.66 Å². The Morgan fingerprint density at radius 3 is 2.80 bits per heavy atom. The largest absolute Gasteiger partial charge is 0.378 e. The molecule has 0 spiro atoms. The van der Waals surface area contributed by atoms with Crippen LogP contribution in [0.2, 0.25) is 0 Å². The second-order valence-corrected chi connectivity index (χ2v) is 4.56. The highest BCUT2D eigenvalue weighted by atomic mass is 16.6. The monoisotopic (exact) mass is 281 g/mol. The molecule has 0 aromatic carbocycles. The molecule has 20 heavy (non-hydrogen) atoms. The van der Waals surface area contributed by atoms with Crippen molar-refractivity contribution in [2.45, 2.75) is 32.3 Å². The van der Waals surface area contributed by atoms with Gasteiger partial charge in [-0.3, -0.25) is 10.1 Å². The fourth-order valence-corrected chi connectivity index (χ4v) is 2.20. The van der Waals surface area contributed by atoms with Gasteiger partial charge in [0, 0.05) is 19.7 Å².